The van der Waals surface area contributed by atoms with Gasteiger partial charge < -0.3 is 14.9 Å². The van der Waals surface area contributed by atoms with Crippen molar-refractivity contribution in [3.63, 3.8) is 0 Å². The summed E-state index contributed by atoms with van der Waals surface area (Å²) in [6.07, 6.45) is 9.12. The Labute approximate surface area is 119 Å². The molecular formula is C16H22O4. The largest absolute Gasteiger partial charge is 0.481 e. The topological polar surface area (TPSA) is 66.8 Å². The first-order chi connectivity index (χ1) is 9.47. The van der Waals surface area contributed by atoms with E-state index in [4.69, 9.17) is 16.3 Å². The lowest BCUT2D eigenvalue weighted by molar-refractivity contribution is -0.162. The van der Waals surface area contributed by atoms with Gasteiger partial charge in [-0.15, -0.1) is 12.3 Å². The van der Waals surface area contributed by atoms with E-state index in [1.54, 1.807) is 7.11 Å². The van der Waals surface area contributed by atoms with Crippen LogP contribution in [0.1, 0.15) is 32.6 Å². The summed E-state index contributed by atoms with van der Waals surface area (Å²) in [5.41, 5.74) is 0.757. The van der Waals surface area contributed by atoms with Crippen molar-refractivity contribution >= 4 is 5.97 Å². The van der Waals surface area contributed by atoms with Gasteiger partial charge in [0.15, 0.2) is 0 Å². The van der Waals surface area contributed by atoms with Crippen LogP contribution in [0.25, 0.3) is 0 Å². The second kappa shape index (κ2) is 5.59. The Kier molecular flexibility index (Phi) is 4.22. The van der Waals surface area contributed by atoms with Crippen LogP contribution in [-0.4, -0.2) is 35.0 Å². The number of methoxy groups -OCH3 is 1. The van der Waals surface area contributed by atoms with Crippen LogP contribution >= 0.6 is 0 Å². The number of allylic oxidation sites excluding steroid dienone is 1. The molecule has 0 spiro atoms. The Hall–Kier alpha value is -1.31. The average Bonchev–Trinajstić information content (AvgIpc) is 2.43. The highest BCUT2D eigenvalue weighted by Gasteiger charge is 2.62. The van der Waals surface area contributed by atoms with E-state index in [1.165, 1.54) is 0 Å². The van der Waals surface area contributed by atoms with E-state index in [-0.39, 0.29) is 24.2 Å². The molecule has 0 aliphatic heterocycles. The molecule has 2 aliphatic rings. The molecule has 2 rings (SSSR count). The van der Waals surface area contributed by atoms with Gasteiger partial charge in [0.05, 0.1) is 17.6 Å². The molecule has 110 valence electrons. The molecule has 2 fully saturated rings. The molecule has 0 amide bonds. The fourth-order valence-corrected chi connectivity index (χ4v) is 4.05. The zero-order chi connectivity index (χ0) is 14.9. The summed E-state index contributed by atoms with van der Waals surface area (Å²) in [7, 11) is 1.68. The van der Waals surface area contributed by atoms with Crippen molar-refractivity contribution in [2.75, 3.05) is 7.11 Å². The number of carboxylic acids is 1. The van der Waals surface area contributed by atoms with Crippen molar-refractivity contribution in [1.82, 2.24) is 0 Å². The third-order valence-corrected chi connectivity index (χ3v) is 4.95. The Balaban J connectivity index is 2.22. The highest BCUT2D eigenvalue weighted by Crippen LogP contribution is 2.60. The maximum atomic E-state index is 10.6. The van der Waals surface area contributed by atoms with Crippen molar-refractivity contribution < 1.29 is 19.7 Å². The van der Waals surface area contributed by atoms with Crippen molar-refractivity contribution in [3.8, 4) is 12.3 Å². The lowest BCUT2D eigenvalue weighted by Crippen LogP contribution is -2.64. The first-order valence-corrected chi connectivity index (χ1v) is 7.09. The van der Waals surface area contributed by atoms with Gasteiger partial charge in [0.2, 0.25) is 0 Å². The minimum Gasteiger partial charge on any atom is -0.481 e. The molecule has 0 saturated heterocycles. The molecule has 1 unspecified atom stereocenters. The molecule has 20 heavy (non-hydrogen) atoms. The number of carbonyl (C=O) groups is 1. The number of terminal acetylenes is 1. The van der Waals surface area contributed by atoms with Crippen LogP contribution in [0.4, 0.5) is 0 Å². The molecule has 2 saturated carbocycles. The van der Waals surface area contributed by atoms with Crippen molar-refractivity contribution in [3.05, 3.63) is 11.6 Å². The van der Waals surface area contributed by atoms with Crippen molar-refractivity contribution in [2.24, 2.45) is 17.8 Å². The Morgan fingerprint density at radius 2 is 2.35 bits per heavy atom. The molecule has 2 aliphatic carbocycles. The van der Waals surface area contributed by atoms with Crippen molar-refractivity contribution in [2.45, 2.75) is 44.3 Å². The molecule has 5 atom stereocenters. The van der Waals surface area contributed by atoms with Gasteiger partial charge in [0.1, 0.15) is 0 Å². The summed E-state index contributed by atoms with van der Waals surface area (Å²) in [5.74, 6) is 2.10. The van der Waals surface area contributed by atoms with Gasteiger partial charge in [0, 0.05) is 19.4 Å². The van der Waals surface area contributed by atoms with Gasteiger partial charge in [-0.05, 0) is 30.8 Å². The Morgan fingerprint density at radius 1 is 1.65 bits per heavy atom. The Morgan fingerprint density at radius 3 is 2.90 bits per heavy atom. The maximum absolute atomic E-state index is 10.6. The van der Waals surface area contributed by atoms with Gasteiger partial charge in [-0.2, -0.15) is 0 Å². The molecule has 4 nitrogen and oxygen atoms in total. The molecule has 0 heterocycles. The molecule has 0 radical (unpaired) electrons. The number of aliphatic hydroxyl groups is 1. The van der Waals surface area contributed by atoms with E-state index in [1.807, 2.05) is 6.08 Å². The third-order valence-electron chi connectivity index (χ3n) is 4.95. The number of carboxylic acid groups (broad SMARTS) is 1. The number of hydrogen-bond donors (Lipinski definition) is 2. The van der Waals surface area contributed by atoms with Gasteiger partial charge in [0.25, 0.3) is 0 Å². The molecule has 2 N–H and O–H groups in total. The molecule has 4 heteroatoms. The van der Waals surface area contributed by atoms with Gasteiger partial charge in [-0.3, -0.25) is 4.79 Å². The number of rotatable bonds is 4. The normalized spacial score (nSPS) is 41.6. The van der Waals surface area contributed by atoms with Crippen LogP contribution in [-0.2, 0) is 9.53 Å². The lowest BCUT2D eigenvalue weighted by Gasteiger charge is -2.61. The summed E-state index contributed by atoms with van der Waals surface area (Å²) in [6, 6.07) is 0. The first-order valence-electron chi connectivity index (χ1n) is 7.09. The van der Waals surface area contributed by atoms with Crippen LogP contribution < -0.4 is 0 Å². The molecule has 0 bridgehead atoms. The van der Waals surface area contributed by atoms with Crippen LogP contribution in [0.2, 0.25) is 0 Å². The standard InChI is InChI=1S/C16H22O4/c1-4-11-13(17)8-9-16(20-3)12(10(2)15(11)16)6-5-7-14(18)19/h1,6,10-11,13,15,17H,5,7-9H2,2-3H3,(H,18,19)/t10?,11-,13+,15+,16-/m1/s1. The number of fused-ring (bicyclic) bond motifs is 1. The molecule has 0 aromatic carbocycles. The average molecular weight is 278 g/mol. The predicted molar refractivity (Wildman–Crippen MR) is 74.9 cm³/mol. The van der Waals surface area contributed by atoms with E-state index in [9.17, 15) is 9.90 Å². The summed E-state index contributed by atoms with van der Waals surface area (Å²) >= 11 is 0. The fourth-order valence-electron chi connectivity index (χ4n) is 4.05. The first kappa shape index (κ1) is 15.1. The van der Waals surface area contributed by atoms with E-state index < -0.39 is 17.7 Å². The van der Waals surface area contributed by atoms with Crippen LogP contribution in [0.15, 0.2) is 11.6 Å². The van der Waals surface area contributed by atoms with E-state index in [0.29, 0.717) is 12.8 Å². The minimum absolute atomic E-state index is 0.123. The monoisotopic (exact) mass is 278 g/mol. The number of aliphatic carboxylic acids is 1. The number of aliphatic hydroxyl groups excluding tert-OH is 1. The van der Waals surface area contributed by atoms with Gasteiger partial charge in [-0.1, -0.05) is 13.0 Å². The van der Waals surface area contributed by atoms with E-state index in [0.717, 1.165) is 12.0 Å². The van der Waals surface area contributed by atoms with Crippen LogP contribution in [0, 0.1) is 30.1 Å². The zero-order valence-electron chi connectivity index (χ0n) is 12.0. The van der Waals surface area contributed by atoms with E-state index >= 15 is 0 Å². The predicted octanol–water partition coefficient (Wildman–Crippen LogP) is 1.83. The summed E-state index contributed by atoms with van der Waals surface area (Å²) in [4.78, 5) is 10.6. The van der Waals surface area contributed by atoms with Crippen LogP contribution in [0.5, 0.6) is 0 Å². The zero-order valence-corrected chi connectivity index (χ0v) is 12.0. The smallest absolute Gasteiger partial charge is 0.303 e. The lowest BCUT2D eigenvalue weighted by atomic mass is 9.48. The summed E-state index contributed by atoms with van der Waals surface area (Å²) in [6.45, 7) is 2.08. The van der Waals surface area contributed by atoms with E-state index in [2.05, 4.69) is 12.8 Å². The Bertz CT molecular complexity index is 462. The maximum Gasteiger partial charge on any atom is 0.303 e. The number of hydrogen-bond acceptors (Lipinski definition) is 3. The number of ether oxygens (including phenoxy) is 1. The second-order valence-corrected chi connectivity index (χ2v) is 5.80. The SMILES string of the molecule is C#C[C@@H]1[C@@H](O)CC[C@@]2(OC)C(=CCCC(=O)O)C(C)[C@@H]12. The minimum atomic E-state index is -0.794. The molecule has 0 aromatic heterocycles. The quantitative estimate of drug-likeness (QED) is 0.608. The third kappa shape index (κ3) is 2.15. The summed E-state index contributed by atoms with van der Waals surface area (Å²) in [5, 5.41) is 18.8. The fraction of sp³-hybridized carbons (Fsp3) is 0.688. The highest BCUT2D eigenvalue weighted by molar-refractivity contribution is 5.66. The molecule has 0 aromatic rings. The van der Waals surface area contributed by atoms with Gasteiger partial charge in [-0.25, -0.2) is 0 Å². The highest BCUT2D eigenvalue weighted by atomic mass is 16.5. The van der Waals surface area contributed by atoms with Gasteiger partial charge >= 0.3 is 5.97 Å². The molecular weight excluding hydrogens is 256 g/mol. The van der Waals surface area contributed by atoms with Crippen molar-refractivity contribution in [1.29, 1.82) is 0 Å². The second-order valence-electron chi connectivity index (χ2n) is 5.80. The summed E-state index contributed by atoms with van der Waals surface area (Å²) < 4.78 is 5.78. The van der Waals surface area contributed by atoms with Crippen LogP contribution in [0.3, 0.4) is 0 Å².